The van der Waals surface area contributed by atoms with Crippen LogP contribution in [0.25, 0.3) is 0 Å². The highest BCUT2D eigenvalue weighted by Crippen LogP contribution is 2.33. The van der Waals surface area contributed by atoms with E-state index in [9.17, 15) is 4.79 Å². The van der Waals surface area contributed by atoms with Gasteiger partial charge in [-0.1, -0.05) is 23.2 Å². The van der Waals surface area contributed by atoms with Crippen LogP contribution in [-0.2, 0) is 9.53 Å². The Hall–Kier alpha value is -0.380. The number of carbonyl (C=O) groups excluding carboxylic acids is 1. The molecular formula is C13H16Cl2O2S. The molecule has 0 aliphatic rings. The van der Waals surface area contributed by atoms with E-state index in [1.54, 1.807) is 25.1 Å². The first-order valence-electron chi connectivity index (χ1n) is 5.53. The van der Waals surface area contributed by atoms with Gasteiger partial charge in [-0.2, -0.15) is 0 Å². The van der Waals surface area contributed by atoms with E-state index in [0.29, 0.717) is 10.0 Å². The number of esters is 1. The zero-order valence-corrected chi connectivity index (χ0v) is 13.1. The van der Waals surface area contributed by atoms with E-state index < -0.39 is 5.60 Å². The minimum atomic E-state index is -0.482. The summed E-state index contributed by atoms with van der Waals surface area (Å²) in [6.45, 7) is 7.31. The first kappa shape index (κ1) is 15.7. The normalized spacial score (nSPS) is 13.2. The van der Waals surface area contributed by atoms with E-state index in [0.717, 1.165) is 4.90 Å². The Morgan fingerprint density at radius 3 is 2.50 bits per heavy atom. The summed E-state index contributed by atoms with van der Waals surface area (Å²) in [5.74, 6) is -0.261. The molecule has 0 saturated carbocycles. The zero-order chi connectivity index (χ0) is 13.9. The standard InChI is InChI=1S/C13H16Cl2O2S/c1-8(12(16)17-13(2,3)4)18-11-7-9(14)5-6-10(11)15/h5-8H,1-4H3. The molecule has 1 rings (SSSR count). The number of thioether (sulfide) groups is 1. The van der Waals surface area contributed by atoms with Crippen LogP contribution in [-0.4, -0.2) is 16.8 Å². The molecule has 0 aliphatic heterocycles. The molecular weight excluding hydrogens is 291 g/mol. The van der Waals surface area contributed by atoms with Gasteiger partial charge in [0.1, 0.15) is 10.9 Å². The summed E-state index contributed by atoms with van der Waals surface area (Å²) in [7, 11) is 0. The van der Waals surface area contributed by atoms with Gasteiger partial charge in [0.05, 0.1) is 5.02 Å². The fourth-order valence-electron chi connectivity index (χ4n) is 1.19. The van der Waals surface area contributed by atoms with Crippen molar-refractivity contribution >= 4 is 40.9 Å². The maximum absolute atomic E-state index is 11.8. The quantitative estimate of drug-likeness (QED) is 0.592. The Labute approximate surface area is 122 Å². The molecule has 0 aliphatic carbocycles. The van der Waals surface area contributed by atoms with Gasteiger partial charge in [-0.25, -0.2) is 0 Å². The van der Waals surface area contributed by atoms with Crippen molar-refractivity contribution in [1.82, 2.24) is 0 Å². The number of hydrogen-bond acceptors (Lipinski definition) is 3. The van der Waals surface area contributed by atoms with Gasteiger partial charge in [0.25, 0.3) is 0 Å². The summed E-state index contributed by atoms with van der Waals surface area (Å²) in [5, 5.41) is 0.846. The molecule has 0 spiro atoms. The molecule has 100 valence electrons. The molecule has 0 bridgehead atoms. The molecule has 1 atom stereocenters. The highest BCUT2D eigenvalue weighted by atomic mass is 35.5. The predicted molar refractivity (Wildman–Crippen MR) is 77.6 cm³/mol. The van der Waals surface area contributed by atoms with E-state index >= 15 is 0 Å². The lowest BCUT2D eigenvalue weighted by Crippen LogP contribution is -2.28. The third-order valence-electron chi connectivity index (χ3n) is 1.94. The molecule has 0 aromatic heterocycles. The lowest BCUT2D eigenvalue weighted by Gasteiger charge is -2.22. The number of halogens is 2. The Kier molecular flexibility index (Phi) is 5.38. The van der Waals surface area contributed by atoms with Crippen molar-refractivity contribution in [3.05, 3.63) is 28.2 Å². The maximum Gasteiger partial charge on any atom is 0.319 e. The molecule has 1 unspecified atom stereocenters. The second kappa shape index (κ2) is 6.18. The Bertz CT molecular complexity index is 441. The van der Waals surface area contributed by atoms with Gasteiger partial charge in [-0.15, -0.1) is 11.8 Å². The minimum absolute atomic E-state index is 0.261. The number of hydrogen-bond donors (Lipinski definition) is 0. The first-order valence-corrected chi connectivity index (χ1v) is 7.17. The van der Waals surface area contributed by atoms with E-state index in [-0.39, 0.29) is 11.2 Å². The molecule has 5 heteroatoms. The van der Waals surface area contributed by atoms with Gasteiger partial charge in [0.15, 0.2) is 0 Å². The SMILES string of the molecule is CC(Sc1cc(Cl)ccc1Cl)C(=O)OC(C)(C)C. The molecule has 0 fully saturated rings. The van der Waals surface area contributed by atoms with Crippen LogP contribution in [0.15, 0.2) is 23.1 Å². The van der Waals surface area contributed by atoms with Crippen molar-refractivity contribution in [2.24, 2.45) is 0 Å². The molecule has 1 aromatic carbocycles. The zero-order valence-electron chi connectivity index (χ0n) is 10.8. The summed E-state index contributed by atoms with van der Waals surface area (Å²) in [4.78, 5) is 12.6. The monoisotopic (exact) mass is 306 g/mol. The van der Waals surface area contributed by atoms with Crippen LogP contribution < -0.4 is 0 Å². The summed E-state index contributed by atoms with van der Waals surface area (Å²) < 4.78 is 5.31. The molecule has 0 N–H and O–H groups in total. The lowest BCUT2D eigenvalue weighted by atomic mass is 10.2. The smallest absolute Gasteiger partial charge is 0.319 e. The van der Waals surface area contributed by atoms with Crippen molar-refractivity contribution in [3.8, 4) is 0 Å². The molecule has 0 heterocycles. The van der Waals surface area contributed by atoms with Crippen molar-refractivity contribution in [2.75, 3.05) is 0 Å². The third kappa shape index (κ3) is 5.09. The molecule has 0 saturated heterocycles. The van der Waals surface area contributed by atoms with Crippen LogP contribution >= 0.6 is 35.0 Å². The van der Waals surface area contributed by atoms with E-state index in [4.69, 9.17) is 27.9 Å². The summed E-state index contributed by atoms with van der Waals surface area (Å²) >= 11 is 13.3. The van der Waals surface area contributed by atoms with Crippen LogP contribution in [0.3, 0.4) is 0 Å². The summed E-state index contributed by atoms with van der Waals surface area (Å²) in [6.07, 6.45) is 0. The first-order chi connectivity index (χ1) is 8.19. The van der Waals surface area contributed by atoms with Crippen molar-refractivity contribution in [1.29, 1.82) is 0 Å². The van der Waals surface area contributed by atoms with Gasteiger partial charge < -0.3 is 4.74 Å². The van der Waals surface area contributed by atoms with Crippen LogP contribution in [0, 0.1) is 0 Å². The number of rotatable bonds is 3. The Balaban J connectivity index is 2.72. The van der Waals surface area contributed by atoms with Gasteiger partial charge in [0, 0.05) is 9.92 Å². The van der Waals surface area contributed by atoms with Crippen molar-refractivity contribution in [2.45, 2.75) is 43.4 Å². The van der Waals surface area contributed by atoms with Crippen molar-refractivity contribution in [3.63, 3.8) is 0 Å². The fourth-order valence-corrected chi connectivity index (χ4v) is 2.58. The largest absolute Gasteiger partial charge is 0.459 e. The minimum Gasteiger partial charge on any atom is -0.459 e. The number of ether oxygens (including phenoxy) is 1. The number of benzene rings is 1. The lowest BCUT2D eigenvalue weighted by molar-refractivity contribution is -0.153. The highest BCUT2D eigenvalue weighted by molar-refractivity contribution is 8.00. The van der Waals surface area contributed by atoms with Crippen molar-refractivity contribution < 1.29 is 9.53 Å². The summed E-state index contributed by atoms with van der Waals surface area (Å²) in [6, 6.07) is 5.18. The molecule has 18 heavy (non-hydrogen) atoms. The Morgan fingerprint density at radius 1 is 1.33 bits per heavy atom. The van der Waals surface area contributed by atoms with Gasteiger partial charge in [0.2, 0.25) is 0 Å². The van der Waals surface area contributed by atoms with Crippen LogP contribution in [0.5, 0.6) is 0 Å². The molecule has 2 nitrogen and oxygen atoms in total. The van der Waals surface area contributed by atoms with E-state index in [1.807, 2.05) is 20.8 Å². The van der Waals surface area contributed by atoms with Crippen LogP contribution in [0.4, 0.5) is 0 Å². The average Bonchev–Trinajstić information content (AvgIpc) is 2.21. The second-order valence-electron chi connectivity index (χ2n) is 4.87. The van der Waals surface area contributed by atoms with Gasteiger partial charge in [-0.05, 0) is 45.9 Å². The van der Waals surface area contributed by atoms with E-state index in [1.165, 1.54) is 11.8 Å². The molecule has 0 radical (unpaired) electrons. The van der Waals surface area contributed by atoms with Crippen LogP contribution in [0.1, 0.15) is 27.7 Å². The molecule has 0 amide bonds. The van der Waals surface area contributed by atoms with Crippen LogP contribution in [0.2, 0.25) is 10.0 Å². The van der Waals surface area contributed by atoms with Gasteiger partial charge in [-0.3, -0.25) is 4.79 Å². The van der Waals surface area contributed by atoms with E-state index in [2.05, 4.69) is 0 Å². The fraction of sp³-hybridized carbons (Fsp3) is 0.462. The van der Waals surface area contributed by atoms with Gasteiger partial charge >= 0.3 is 5.97 Å². The number of carbonyl (C=O) groups is 1. The summed E-state index contributed by atoms with van der Waals surface area (Å²) in [5.41, 5.74) is -0.482. The average molecular weight is 307 g/mol. The predicted octanol–water partition coefficient (Wildman–Crippen LogP) is 4.82. The third-order valence-corrected chi connectivity index (χ3v) is 3.75. The highest BCUT2D eigenvalue weighted by Gasteiger charge is 2.23. The topological polar surface area (TPSA) is 26.3 Å². The molecule has 1 aromatic rings. The second-order valence-corrected chi connectivity index (χ2v) is 7.09. The Morgan fingerprint density at radius 2 is 1.94 bits per heavy atom. The maximum atomic E-state index is 11.8.